The fourth-order valence-electron chi connectivity index (χ4n) is 2.81. The highest BCUT2D eigenvalue weighted by Gasteiger charge is 2.23. The van der Waals surface area contributed by atoms with Crippen LogP contribution in [0.1, 0.15) is 17.4 Å². The number of carbonyl (C=O) groups excluding carboxylic acids is 1. The first-order chi connectivity index (χ1) is 10.8. The molecule has 3 rings (SSSR count). The largest absolute Gasteiger partial charge is 0.378 e. The second-order valence-electron chi connectivity index (χ2n) is 5.57. The average molecular weight is 305 g/mol. The summed E-state index contributed by atoms with van der Waals surface area (Å²) in [4.78, 5) is 27.7. The molecule has 0 radical (unpaired) electrons. The number of hydrogen-bond donors (Lipinski definition) is 0. The highest BCUT2D eigenvalue weighted by molar-refractivity contribution is 5.92. The summed E-state index contributed by atoms with van der Waals surface area (Å²) in [5, 5.41) is 0. The molecule has 0 aromatic carbocycles. The number of likely N-dealkylation sites (N-methyl/N-ethyl adjacent to an activating group) is 1. The van der Waals surface area contributed by atoms with Crippen molar-refractivity contribution in [1.29, 1.82) is 0 Å². The number of aromatic nitrogens is 2. The van der Waals surface area contributed by atoms with Gasteiger partial charge >= 0.3 is 0 Å². The van der Waals surface area contributed by atoms with Crippen molar-refractivity contribution in [3.63, 3.8) is 0 Å². The molecule has 22 heavy (non-hydrogen) atoms. The summed E-state index contributed by atoms with van der Waals surface area (Å²) in [6, 6.07) is 1.71. The lowest BCUT2D eigenvalue weighted by Gasteiger charge is -2.34. The molecule has 2 fully saturated rings. The minimum absolute atomic E-state index is 0.00709. The lowest BCUT2D eigenvalue weighted by atomic mass is 10.2. The molecule has 1 aromatic rings. The van der Waals surface area contributed by atoms with Crippen molar-refractivity contribution in [2.24, 2.45) is 0 Å². The van der Waals surface area contributed by atoms with E-state index < -0.39 is 0 Å². The molecule has 2 aliphatic heterocycles. The Morgan fingerprint density at radius 2 is 1.91 bits per heavy atom. The van der Waals surface area contributed by atoms with E-state index in [4.69, 9.17) is 4.74 Å². The summed E-state index contributed by atoms with van der Waals surface area (Å²) in [6.07, 6.45) is 1.67. The minimum Gasteiger partial charge on any atom is -0.378 e. The maximum absolute atomic E-state index is 12.6. The van der Waals surface area contributed by atoms with Crippen molar-refractivity contribution in [3.8, 4) is 0 Å². The molecule has 0 aliphatic carbocycles. The smallest absolute Gasteiger partial charge is 0.272 e. The lowest BCUT2D eigenvalue weighted by molar-refractivity contribution is 0.0637. The van der Waals surface area contributed by atoms with Crippen molar-refractivity contribution in [1.82, 2.24) is 19.8 Å². The van der Waals surface area contributed by atoms with E-state index in [0.29, 0.717) is 24.9 Å². The quantitative estimate of drug-likeness (QED) is 0.789. The number of anilines is 1. The van der Waals surface area contributed by atoms with Gasteiger partial charge < -0.3 is 19.4 Å². The van der Waals surface area contributed by atoms with Gasteiger partial charge in [0.2, 0.25) is 5.95 Å². The van der Waals surface area contributed by atoms with Crippen LogP contribution in [0, 0.1) is 0 Å². The topological polar surface area (TPSA) is 61.8 Å². The van der Waals surface area contributed by atoms with Gasteiger partial charge in [-0.2, -0.15) is 0 Å². The van der Waals surface area contributed by atoms with E-state index in [0.717, 1.165) is 45.8 Å². The van der Waals surface area contributed by atoms with Gasteiger partial charge in [-0.25, -0.2) is 9.97 Å². The van der Waals surface area contributed by atoms with Crippen molar-refractivity contribution in [2.45, 2.75) is 6.92 Å². The minimum atomic E-state index is 0.00709. The molecule has 2 saturated heterocycles. The fraction of sp³-hybridized carbons (Fsp3) is 0.667. The average Bonchev–Trinajstić information content (AvgIpc) is 2.62. The van der Waals surface area contributed by atoms with Gasteiger partial charge in [-0.3, -0.25) is 4.79 Å². The second-order valence-corrected chi connectivity index (χ2v) is 5.57. The third-order valence-corrected chi connectivity index (χ3v) is 4.26. The summed E-state index contributed by atoms with van der Waals surface area (Å²) in [5.41, 5.74) is 0.487. The summed E-state index contributed by atoms with van der Waals surface area (Å²) in [5.74, 6) is 0.633. The monoisotopic (exact) mass is 305 g/mol. The van der Waals surface area contributed by atoms with Crippen molar-refractivity contribution in [2.75, 3.05) is 63.9 Å². The normalized spacial score (nSPS) is 20.2. The van der Waals surface area contributed by atoms with Crippen LogP contribution < -0.4 is 4.90 Å². The van der Waals surface area contributed by atoms with Crippen LogP contribution in [0.3, 0.4) is 0 Å². The standard InChI is InChI=1S/C15H23N5O2/c1-2-18-5-7-19(8-6-18)14(21)13-3-4-16-15(17-13)20-9-11-22-12-10-20/h3-4H,2,5-12H2,1H3. The Hall–Kier alpha value is -1.73. The summed E-state index contributed by atoms with van der Waals surface area (Å²) >= 11 is 0. The molecule has 7 nitrogen and oxygen atoms in total. The van der Waals surface area contributed by atoms with Gasteiger partial charge in [-0.05, 0) is 12.6 Å². The zero-order chi connectivity index (χ0) is 15.4. The van der Waals surface area contributed by atoms with Crippen LogP contribution in [-0.4, -0.2) is 84.7 Å². The van der Waals surface area contributed by atoms with Crippen LogP contribution in [0.15, 0.2) is 12.3 Å². The molecular formula is C15H23N5O2. The number of rotatable bonds is 3. The van der Waals surface area contributed by atoms with Gasteiger partial charge in [0.05, 0.1) is 13.2 Å². The molecule has 3 heterocycles. The fourth-order valence-corrected chi connectivity index (χ4v) is 2.81. The van der Waals surface area contributed by atoms with Crippen LogP contribution in [0.25, 0.3) is 0 Å². The van der Waals surface area contributed by atoms with Gasteiger partial charge in [0, 0.05) is 45.5 Å². The Morgan fingerprint density at radius 1 is 1.18 bits per heavy atom. The first-order valence-electron chi connectivity index (χ1n) is 7.95. The van der Waals surface area contributed by atoms with E-state index >= 15 is 0 Å². The van der Waals surface area contributed by atoms with E-state index in [9.17, 15) is 4.79 Å². The maximum atomic E-state index is 12.6. The van der Waals surface area contributed by atoms with Gasteiger partial charge in [0.25, 0.3) is 5.91 Å². The number of carbonyl (C=O) groups is 1. The molecule has 0 saturated carbocycles. The van der Waals surface area contributed by atoms with Crippen molar-refractivity contribution in [3.05, 3.63) is 18.0 Å². The van der Waals surface area contributed by atoms with Crippen LogP contribution in [0.4, 0.5) is 5.95 Å². The van der Waals surface area contributed by atoms with E-state index in [1.807, 2.05) is 4.90 Å². The Labute approximate surface area is 130 Å². The molecule has 7 heteroatoms. The molecule has 1 aromatic heterocycles. The third kappa shape index (κ3) is 3.36. The van der Waals surface area contributed by atoms with E-state index in [1.165, 1.54) is 0 Å². The Balaban J connectivity index is 1.67. The molecule has 0 N–H and O–H groups in total. The summed E-state index contributed by atoms with van der Waals surface area (Å²) in [7, 11) is 0. The number of morpholine rings is 1. The van der Waals surface area contributed by atoms with E-state index in [2.05, 4.69) is 26.7 Å². The Bertz CT molecular complexity index is 510. The Morgan fingerprint density at radius 3 is 2.59 bits per heavy atom. The molecule has 0 unspecified atom stereocenters. The number of amides is 1. The van der Waals surface area contributed by atoms with Crippen LogP contribution in [0.2, 0.25) is 0 Å². The van der Waals surface area contributed by atoms with Crippen LogP contribution >= 0.6 is 0 Å². The molecule has 0 bridgehead atoms. The van der Waals surface area contributed by atoms with Crippen molar-refractivity contribution >= 4 is 11.9 Å². The molecule has 0 spiro atoms. The molecular weight excluding hydrogens is 282 g/mol. The summed E-state index contributed by atoms with van der Waals surface area (Å²) in [6.45, 7) is 9.49. The van der Waals surface area contributed by atoms with E-state index in [-0.39, 0.29) is 5.91 Å². The third-order valence-electron chi connectivity index (χ3n) is 4.26. The SMILES string of the molecule is CCN1CCN(C(=O)c2ccnc(N3CCOCC3)n2)CC1. The maximum Gasteiger partial charge on any atom is 0.272 e. The van der Waals surface area contributed by atoms with Gasteiger partial charge in [0.15, 0.2) is 0 Å². The van der Waals surface area contributed by atoms with Crippen LogP contribution in [-0.2, 0) is 4.74 Å². The number of nitrogens with zero attached hydrogens (tertiary/aromatic N) is 5. The number of ether oxygens (including phenoxy) is 1. The zero-order valence-electron chi connectivity index (χ0n) is 13.1. The van der Waals surface area contributed by atoms with Gasteiger partial charge in [-0.15, -0.1) is 0 Å². The van der Waals surface area contributed by atoms with Crippen molar-refractivity contribution < 1.29 is 9.53 Å². The molecule has 1 amide bonds. The van der Waals surface area contributed by atoms with E-state index in [1.54, 1.807) is 12.3 Å². The lowest BCUT2D eigenvalue weighted by Crippen LogP contribution is -2.48. The van der Waals surface area contributed by atoms with Gasteiger partial charge in [-0.1, -0.05) is 6.92 Å². The highest BCUT2D eigenvalue weighted by Crippen LogP contribution is 2.12. The first-order valence-corrected chi connectivity index (χ1v) is 7.95. The molecule has 0 atom stereocenters. The second kappa shape index (κ2) is 7.02. The summed E-state index contributed by atoms with van der Waals surface area (Å²) < 4.78 is 5.34. The first kappa shape index (κ1) is 15.2. The number of hydrogen-bond acceptors (Lipinski definition) is 6. The van der Waals surface area contributed by atoms with Crippen LogP contribution in [0.5, 0.6) is 0 Å². The molecule has 2 aliphatic rings. The highest BCUT2D eigenvalue weighted by atomic mass is 16.5. The predicted molar refractivity (Wildman–Crippen MR) is 83.1 cm³/mol. The molecule has 120 valence electrons. The number of piperazine rings is 1. The Kier molecular flexibility index (Phi) is 4.84. The van der Waals surface area contributed by atoms with Gasteiger partial charge in [0.1, 0.15) is 5.69 Å². The zero-order valence-corrected chi connectivity index (χ0v) is 13.1. The predicted octanol–water partition coefficient (Wildman–Crippen LogP) is 0.0909.